The Hall–Kier alpha value is -1.79. The zero-order chi connectivity index (χ0) is 16.3. The molecule has 0 saturated heterocycles. The van der Waals surface area contributed by atoms with Crippen molar-refractivity contribution >= 4 is 40.3 Å². The topological polar surface area (TPSA) is 24.1 Å². The normalized spacial score (nSPS) is 11.1. The third-order valence-corrected chi connectivity index (χ3v) is 3.28. The van der Waals surface area contributed by atoms with Crippen LogP contribution in [0.1, 0.15) is 11.1 Å². The second kappa shape index (κ2) is 6.54. The van der Waals surface area contributed by atoms with Crippen molar-refractivity contribution in [3.05, 3.63) is 58.6 Å². The fourth-order valence-electron chi connectivity index (χ4n) is 1.78. The fourth-order valence-corrected chi connectivity index (χ4v) is 2.18. The Bertz CT molecular complexity index is 684. The van der Waals surface area contributed by atoms with E-state index < -0.39 is 11.7 Å². The van der Waals surface area contributed by atoms with Crippen LogP contribution in [0.3, 0.4) is 0 Å². The molecule has 116 valence electrons. The van der Waals surface area contributed by atoms with Crippen molar-refractivity contribution in [2.24, 2.45) is 0 Å². The Morgan fingerprint density at radius 2 is 1.68 bits per heavy atom. The molecule has 2 nitrogen and oxygen atoms in total. The molecule has 2 rings (SSSR count). The van der Waals surface area contributed by atoms with E-state index in [0.29, 0.717) is 5.69 Å². The van der Waals surface area contributed by atoms with Crippen LogP contribution in [0, 0.1) is 6.92 Å². The van der Waals surface area contributed by atoms with Gasteiger partial charge in [-0.2, -0.15) is 13.2 Å². The summed E-state index contributed by atoms with van der Waals surface area (Å²) in [4.78, 5) is 0. The summed E-state index contributed by atoms with van der Waals surface area (Å²) in [6.45, 7) is 1.93. The molecule has 0 heterocycles. The maximum Gasteiger partial charge on any atom is 0.418 e. The zero-order valence-electron chi connectivity index (χ0n) is 11.5. The van der Waals surface area contributed by atoms with Crippen molar-refractivity contribution in [2.45, 2.75) is 13.1 Å². The van der Waals surface area contributed by atoms with Crippen LogP contribution in [0.2, 0.25) is 5.02 Å². The van der Waals surface area contributed by atoms with Crippen molar-refractivity contribution in [1.82, 2.24) is 0 Å². The van der Waals surface area contributed by atoms with E-state index in [0.717, 1.165) is 11.6 Å². The van der Waals surface area contributed by atoms with Crippen LogP contribution < -0.4 is 10.6 Å². The highest BCUT2D eigenvalue weighted by Crippen LogP contribution is 2.36. The first kappa shape index (κ1) is 16.6. The molecule has 0 amide bonds. The van der Waals surface area contributed by atoms with Crippen LogP contribution in [0.15, 0.2) is 42.5 Å². The molecule has 0 aliphatic rings. The number of alkyl halides is 3. The van der Waals surface area contributed by atoms with Crippen LogP contribution in [0.5, 0.6) is 0 Å². The van der Waals surface area contributed by atoms with Gasteiger partial charge in [0, 0.05) is 10.7 Å². The standard InChI is InChI=1S/C15H12ClF3N2S/c1-9-2-5-11(6-3-9)20-14(22)21-13-7-4-10(16)8-12(13)15(17,18)19/h2-8H,1H3,(H2,20,21,22). The second-order valence-corrected chi connectivity index (χ2v) is 5.48. The Morgan fingerprint density at radius 3 is 2.27 bits per heavy atom. The maximum atomic E-state index is 13.0. The van der Waals surface area contributed by atoms with Crippen LogP contribution in [-0.4, -0.2) is 5.11 Å². The van der Waals surface area contributed by atoms with Crippen LogP contribution in [0.25, 0.3) is 0 Å². The lowest BCUT2D eigenvalue weighted by Crippen LogP contribution is -2.21. The summed E-state index contributed by atoms with van der Waals surface area (Å²) in [5.74, 6) is 0. The summed E-state index contributed by atoms with van der Waals surface area (Å²) in [7, 11) is 0. The van der Waals surface area contributed by atoms with Gasteiger partial charge in [-0.25, -0.2) is 0 Å². The van der Waals surface area contributed by atoms with Crippen LogP contribution in [-0.2, 0) is 6.18 Å². The average molecular weight is 345 g/mol. The first-order chi connectivity index (χ1) is 10.3. The Kier molecular flexibility index (Phi) is 4.93. The number of benzene rings is 2. The molecular weight excluding hydrogens is 333 g/mol. The Balaban J connectivity index is 2.16. The molecule has 0 aromatic heterocycles. The van der Waals surface area contributed by atoms with Gasteiger partial charge in [-0.15, -0.1) is 0 Å². The van der Waals surface area contributed by atoms with E-state index in [1.165, 1.54) is 12.1 Å². The monoisotopic (exact) mass is 344 g/mol. The largest absolute Gasteiger partial charge is 0.418 e. The van der Waals surface area contributed by atoms with Gasteiger partial charge in [0.05, 0.1) is 11.3 Å². The van der Waals surface area contributed by atoms with Gasteiger partial charge in [0.2, 0.25) is 0 Å². The molecule has 0 atom stereocenters. The molecule has 2 aromatic carbocycles. The van der Waals surface area contributed by atoms with Gasteiger partial charge < -0.3 is 10.6 Å². The van der Waals surface area contributed by atoms with E-state index in [-0.39, 0.29) is 15.8 Å². The molecule has 0 bridgehead atoms. The molecular formula is C15H12ClF3N2S. The van der Waals surface area contributed by atoms with Crippen molar-refractivity contribution in [3.8, 4) is 0 Å². The minimum atomic E-state index is -4.52. The third-order valence-electron chi connectivity index (χ3n) is 2.84. The summed E-state index contributed by atoms with van der Waals surface area (Å²) in [6, 6.07) is 10.8. The smallest absolute Gasteiger partial charge is 0.332 e. The van der Waals surface area contributed by atoms with E-state index in [2.05, 4.69) is 10.6 Å². The van der Waals surface area contributed by atoms with Crippen molar-refractivity contribution in [1.29, 1.82) is 0 Å². The molecule has 7 heteroatoms. The highest BCUT2D eigenvalue weighted by molar-refractivity contribution is 7.80. The molecule has 22 heavy (non-hydrogen) atoms. The summed E-state index contributed by atoms with van der Waals surface area (Å²) >= 11 is 10.7. The summed E-state index contributed by atoms with van der Waals surface area (Å²) in [5, 5.41) is 5.46. The number of aryl methyl sites for hydroxylation is 1. The predicted molar refractivity (Wildman–Crippen MR) is 87.5 cm³/mol. The average Bonchev–Trinajstić information content (AvgIpc) is 2.42. The van der Waals surface area contributed by atoms with Crippen LogP contribution >= 0.6 is 23.8 Å². The zero-order valence-corrected chi connectivity index (χ0v) is 13.0. The number of rotatable bonds is 2. The van der Waals surface area contributed by atoms with E-state index in [4.69, 9.17) is 23.8 Å². The van der Waals surface area contributed by atoms with E-state index in [1.54, 1.807) is 12.1 Å². The van der Waals surface area contributed by atoms with Gasteiger partial charge in [0.15, 0.2) is 5.11 Å². The molecule has 0 fully saturated rings. The van der Waals surface area contributed by atoms with Crippen molar-refractivity contribution in [3.63, 3.8) is 0 Å². The molecule has 0 aliphatic carbocycles. The molecule has 0 aliphatic heterocycles. The Labute approximate surface area is 136 Å². The molecule has 0 unspecified atom stereocenters. The summed E-state index contributed by atoms with van der Waals surface area (Å²) in [6.07, 6.45) is -4.52. The minimum absolute atomic E-state index is 0.00953. The molecule has 0 saturated carbocycles. The van der Waals surface area contributed by atoms with Gasteiger partial charge in [0.1, 0.15) is 0 Å². The minimum Gasteiger partial charge on any atom is -0.332 e. The summed E-state index contributed by atoms with van der Waals surface area (Å²) < 4.78 is 39.0. The lowest BCUT2D eigenvalue weighted by atomic mass is 10.1. The SMILES string of the molecule is Cc1ccc(NC(=S)Nc2ccc(Cl)cc2C(F)(F)F)cc1. The van der Waals surface area contributed by atoms with Crippen molar-refractivity contribution in [2.75, 3.05) is 10.6 Å². The quantitative estimate of drug-likeness (QED) is 0.706. The number of halogens is 4. The number of anilines is 2. The highest BCUT2D eigenvalue weighted by atomic mass is 35.5. The first-order valence-electron chi connectivity index (χ1n) is 6.27. The molecule has 0 spiro atoms. The van der Waals surface area contributed by atoms with E-state index in [9.17, 15) is 13.2 Å². The van der Waals surface area contributed by atoms with Gasteiger partial charge in [0.25, 0.3) is 0 Å². The van der Waals surface area contributed by atoms with E-state index in [1.807, 2.05) is 19.1 Å². The van der Waals surface area contributed by atoms with Crippen LogP contribution in [0.4, 0.5) is 24.5 Å². The number of nitrogens with one attached hydrogen (secondary N) is 2. The van der Waals surface area contributed by atoms with Crippen molar-refractivity contribution < 1.29 is 13.2 Å². The lowest BCUT2D eigenvalue weighted by Gasteiger charge is -2.16. The Morgan fingerprint density at radius 1 is 1.05 bits per heavy atom. The third kappa shape index (κ3) is 4.35. The van der Waals surface area contributed by atoms with Gasteiger partial charge in [-0.1, -0.05) is 29.3 Å². The van der Waals surface area contributed by atoms with Gasteiger partial charge in [-0.3, -0.25) is 0 Å². The fraction of sp³-hybridized carbons (Fsp3) is 0.133. The number of thiocarbonyl (C=S) groups is 1. The number of hydrogen-bond donors (Lipinski definition) is 2. The molecule has 2 aromatic rings. The predicted octanol–water partition coefficient (Wildman–Crippen LogP) is 5.48. The second-order valence-electron chi connectivity index (χ2n) is 4.63. The van der Waals surface area contributed by atoms with E-state index >= 15 is 0 Å². The van der Waals surface area contributed by atoms with Gasteiger partial charge in [-0.05, 0) is 49.5 Å². The highest BCUT2D eigenvalue weighted by Gasteiger charge is 2.34. The lowest BCUT2D eigenvalue weighted by molar-refractivity contribution is -0.136. The molecule has 0 radical (unpaired) electrons. The first-order valence-corrected chi connectivity index (χ1v) is 7.06. The summed E-state index contributed by atoms with van der Waals surface area (Å²) in [5.41, 5.74) is 0.738. The van der Waals surface area contributed by atoms with Gasteiger partial charge >= 0.3 is 6.18 Å². The maximum absolute atomic E-state index is 13.0. The molecule has 2 N–H and O–H groups in total. The number of hydrogen-bond acceptors (Lipinski definition) is 1.